The van der Waals surface area contributed by atoms with Crippen molar-refractivity contribution in [2.75, 3.05) is 31.4 Å². The van der Waals surface area contributed by atoms with E-state index >= 15 is 0 Å². The SMILES string of the molecule is COCC(CO)Nc1cc(F)cc(F)c1N. The first-order chi connectivity index (χ1) is 7.58. The summed E-state index contributed by atoms with van der Waals surface area (Å²) in [5.74, 6) is -1.57. The third-order valence-electron chi connectivity index (χ3n) is 2.04. The van der Waals surface area contributed by atoms with E-state index in [2.05, 4.69) is 5.32 Å². The second kappa shape index (κ2) is 5.62. The van der Waals surface area contributed by atoms with E-state index < -0.39 is 17.7 Å². The largest absolute Gasteiger partial charge is 0.395 e. The summed E-state index contributed by atoms with van der Waals surface area (Å²) in [7, 11) is 1.46. The van der Waals surface area contributed by atoms with Crippen LogP contribution in [0.5, 0.6) is 0 Å². The minimum Gasteiger partial charge on any atom is -0.395 e. The molecule has 0 bridgehead atoms. The van der Waals surface area contributed by atoms with Crippen molar-refractivity contribution >= 4 is 11.4 Å². The van der Waals surface area contributed by atoms with Crippen LogP contribution in [-0.4, -0.2) is 31.5 Å². The van der Waals surface area contributed by atoms with Gasteiger partial charge in [-0.15, -0.1) is 0 Å². The number of halogens is 2. The van der Waals surface area contributed by atoms with E-state index in [9.17, 15) is 8.78 Å². The topological polar surface area (TPSA) is 67.5 Å². The van der Waals surface area contributed by atoms with Crippen LogP contribution in [0.15, 0.2) is 12.1 Å². The molecule has 6 heteroatoms. The highest BCUT2D eigenvalue weighted by atomic mass is 19.1. The Morgan fingerprint density at radius 1 is 1.50 bits per heavy atom. The highest BCUT2D eigenvalue weighted by molar-refractivity contribution is 5.67. The van der Waals surface area contributed by atoms with Crippen molar-refractivity contribution in [3.05, 3.63) is 23.8 Å². The lowest BCUT2D eigenvalue weighted by Gasteiger charge is -2.18. The van der Waals surface area contributed by atoms with Crippen LogP contribution in [0, 0.1) is 11.6 Å². The zero-order valence-corrected chi connectivity index (χ0v) is 8.84. The van der Waals surface area contributed by atoms with E-state index in [1.54, 1.807) is 0 Å². The van der Waals surface area contributed by atoms with E-state index in [-0.39, 0.29) is 24.6 Å². The summed E-state index contributed by atoms with van der Waals surface area (Å²) in [6.45, 7) is -0.0283. The molecule has 0 aromatic heterocycles. The van der Waals surface area contributed by atoms with Crippen molar-refractivity contribution in [2.24, 2.45) is 0 Å². The van der Waals surface area contributed by atoms with Gasteiger partial charge in [0.1, 0.15) is 5.82 Å². The van der Waals surface area contributed by atoms with Gasteiger partial charge in [0.05, 0.1) is 30.6 Å². The first-order valence-electron chi connectivity index (χ1n) is 4.69. The van der Waals surface area contributed by atoms with Gasteiger partial charge in [-0.3, -0.25) is 0 Å². The molecule has 0 aliphatic rings. The van der Waals surface area contributed by atoms with Crippen molar-refractivity contribution in [3.63, 3.8) is 0 Å². The molecule has 90 valence electrons. The molecule has 0 aliphatic carbocycles. The number of hydrogen-bond donors (Lipinski definition) is 3. The predicted octanol–water partition coefficient (Wildman–Crippen LogP) is 0.966. The van der Waals surface area contributed by atoms with Crippen LogP contribution < -0.4 is 11.1 Å². The predicted molar refractivity (Wildman–Crippen MR) is 57.1 cm³/mol. The van der Waals surface area contributed by atoms with Crippen molar-refractivity contribution < 1.29 is 18.6 Å². The molecule has 4 nitrogen and oxygen atoms in total. The van der Waals surface area contributed by atoms with E-state index in [0.717, 1.165) is 6.07 Å². The maximum atomic E-state index is 13.1. The third kappa shape index (κ3) is 3.04. The molecule has 16 heavy (non-hydrogen) atoms. The fourth-order valence-electron chi connectivity index (χ4n) is 1.27. The van der Waals surface area contributed by atoms with Gasteiger partial charge in [-0.1, -0.05) is 0 Å². The summed E-state index contributed by atoms with van der Waals surface area (Å²) in [5, 5.41) is 11.7. The number of nitrogens with one attached hydrogen (secondary N) is 1. The van der Waals surface area contributed by atoms with Gasteiger partial charge in [-0.05, 0) is 6.07 Å². The smallest absolute Gasteiger partial charge is 0.151 e. The first kappa shape index (κ1) is 12.7. The lowest BCUT2D eigenvalue weighted by atomic mass is 10.2. The van der Waals surface area contributed by atoms with Crippen LogP contribution in [0.2, 0.25) is 0 Å². The Bertz CT molecular complexity index is 361. The number of nitrogen functional groups attached to an aromatic ring is 1. The van der Waals surface area contributed by atoms with E-state index in [1.165, 1.54) is 7.11 Å². The Hall–Kier alpha value is -1.40. The molecule has 0 fully saturated rings. The van der Waals surface area contributed by atoms with Gasteiger partial charge in [0, 0.05) is 13.2 Å². The number of nitrogens with two attached hydrogens (primary N) is 1. The Labute approximate surface area is 92.0 Å². The molecule has 0 spiro atoms. The molecule has 0 radical (unpaired) electrons. The maximum absolute atomic E-state index is 13.1. The van der Waals surface area contributed by atoms with Gasteiger partial charge in [0.2, 0.25) is 0 Å². The molecule has 1 atom stereocenters. The van der Waals surface area contributed by atoms with E-state index in [1.807, 2.05) is 0 Å². The number of aliphatic hydroxyl groups is 1. The van der Waals surface area contributed by atoms with Crippen molar-refractivity contribution in [1.82, 2.24) is 0 Å². The number of aliphatic hydroxyl groups excluding tert-OH is 1. The number of anilines is 2. The highest BCUT2D eigenvalue weighted by Gasteiger charge is 2.12. The summed E-state index contributed by atoms with van der Waals surface area (Å²) < 4.78 is 30.8. The molecular weight excluding hydrogens is 218 g/mol. The molecule has 1 aromatic carbocycles. The van der Waals surface area contributed by atoms with Gasteiger partial charge in [0.15, 0.2) is 5.82 Å². The van der Waals surface area contributed by atoms with E-state index in [4.69, 9.17) is 15.6 Å². The van der Waals surface area contributed by atoms with Crippen molar-refractivity contribution in [2.45, 2.75) is 6.04 Å². The Balaban J connectivity index is 2.87. The molecule has 1 unspecified atom stereocenters. The molecule has 0 saturated heterocycles. The second-order valence-corrected chi connectivity index (χ2v) is 3.33. The number of benzene rings is 1. The maximum Gasteiger partial charge on any atom is 0.151 e. The summed E-state index contributed by atoms with van der Waals surface area (Å²) in [5.41, 5.74) is 5.34. The van der Waals surface area contributed by atoms with E-state index in [0.29, 0.717) is 6.07 Å². The highest BCUT2D eigenvalue weighted by Crippen LogP contribution is 2.23. The number of rotatable bonds is 5. The number of methoxy groups -OCH3 is 1. The fourth-order valence-corrected chi connectivity index (χ4v) is 1.27. The molecular formula is C10H14F2N2O2. The van der Waals surface area contributed by atoms with Gasteiger partial charge in [-0.25, -0.2) is 8.78 Å². The zero-order chi connectivity index (χ0) is 12.1. The summed E-state index contributed by atoms with van der Waals surface area (Å²) in [6.07, 6.45) is 0. The molecule has 0 saturated carbocycles. The molecule has 4 N–H and O–H groups in total. The van der Waals surface area contributed by atoms with Crippen LogP contribution >= 0.6 is 0 Å². The first-order valence-corrected chi connectivity index (χ1v) is 4.69. The summed E-state index contributed by atoms with van der Waals surface area (Å²) in [6, 6.07) is 1.30. The molecule has 1 rings (SSSR count). The number of ether oxygens (including phenoxy) is 1. The van der Waals surface area contributed by atoms with Crippen molar-refractivity contribution in [1.29, 1.82) is 0 Å². The average Bonchev–Trinajstić information content (AvgIpc) is 2.24. The Morgan fingerprint density at radius 2 is 2.19 bits per heavy atom. The standard InChI is InChI=1S/C10H14F2N2O2/c1-16-5-7(4-15)14-9-3-6(11)2-8(12)10(9)13/h2-3,7,14-15H,4-5,13H2,1H3. The minimum atomic E-state index is -0.836. The van der Waals surface area contributed by atoms with Crippen LogP contribution in [0.3, 0.4) is 0 Å². The zero-order valence-electron chi connectivity index (χ0n) is 8.84. The molecule has 0 heterocycles. The fraction of sp³-hybridized carbons (Fsp3) is 0.400. The molecule has 1 aromatic rings. The molecule has 0 aliphatic heterocycles. The van der Waals surface area contributed by atoms with Crippen molar-refractivity contribution in [3.8, 4) is 0 Å². The van der Waals surface area contributed by atoms with Gasteiger partial charge in [0.25, 0.3) is 0 Å². The summed E-state index contributed by atoms with van der Waals surface area (Å²) >= 11 is 0. The molecule has 0 amide bonds. The van der Waals surface area contributed by atoms with Gasteiger partial charge in [-0.2, -0.15) is 0 Å². The lowest BCUT2D eigenvalue weighted by molar-refractivity contribution is 0.153. The monoisotopic (exact) mass is 232 g/mol. The summed E-state index contributed by atoms with van der Waals surface area (Å²) in [4.78, 5) is 0. The van der Waals surface area contributed by atoms with Crippen LogP contribution in [0.25, 0.3) is 0 Å². The third-order valence-corrected chi connectivity index (χ3v) is 2.04. The van der Waals surface area contributed by atoms with Gasteiger partial charge < -0.3 is 20.9 Å². The van der Waals surface area contributed by atoms with Crippen LogP contribution in [-0.2, 0) is 4.74 Å². The normalized spacial score (nSPS) is 12.5. The Morgan fingerprint density at radius 3 is 2.75 bits per heavy atom. The second-order valence-electron chi connectivity index (χ2n) is 3.33. The Kier molecular flexibility index (Phi) is 4.45. The number of hydrogen-bond acceptors (Lipinski definition) is 4. The van der Waals surface area contributed by atoms with Gasteiger partial charge >= 0.3 is 0 Å². The average molecular weight is 232 g/mol. The van der Waals surface area contributed by atoms with Crippen LogP contribution in [0.4, 0.5) is 20.2 Å². The minimum absolute atomic E-state index is 0.105. The van der Waals surface area contributed by atoms with Crippen LogP contribution in [0.1, 0.15) is 0 Å². The lowest BCUT2D eigenvalue weighted by Crippen LogP contribution is -2.29. The quantitative estimate of drug-likeness (QED) is 0.662.